The maximum absolute atomic E-state index is 11.8. The Morgan fingerprint density at radius 2 is 2.24 bits per heavy atom. The third kappa shape index (κ3) is 4.23. The normalized spacial score (nSPS) is 11.9. The Kier molecular flexibility index (Phi) is 5.22. The van der Waals surface area contributed by atoms with E-state index in [4.69, 9.17) is 10.5 Å². The lowest BCUT2D eigenvalue weighted by molar-refractivity contribution is 0.0527. The minimum Gasteiger partial charge on any atom is -0.462 e. The quantitative estimate of drug-likeness (QED) is 0.633. The lowest BCUT2D eigenvalue weighted by atomic mass is 10.1. The van der Waals surface area contributed by atoms with Gasteiger partial charge in [0.15, 0.2) is 0 Å². The Labute approximate surface area is 128 Å². The van der Waals surface area contributed by atoms with Crippen LogP contribution in [0.5, 0.6) is 0 Å². The highest BCUT2D eigenvalue weighted by atomic mass is 32.1. The van der Waals surface area contributed by atoms with Gasteiger partial charge in [-0.15, -0.1) is 11.3 Å². The van der Waals surface area contributed by atoms with Crippen molar-refractivity contribution in [2.45, 2.75) is 26.3 Å². The van der Waals surface area contributed by atoms with Crippen LogP contribution in [0.25, 0.3) is 0 Å². The molecule has 0 radical (unpaired) electrons. The highest BCUT2D eigenvalue weighted by Crippen LogP contribution is 2.21. The number of anilines is 2. The molecule has 0 saturated carbocycles. The van der Waals surface area contributed by atoms with Crippen molar-refractivity contribution in [1.82, 2.24) is 0 Å². The smallest absolute Gasteiger partial charge is 0.340 e. The molecule has 2 aromatic rings. The summed E-state index contributed by atoms with van der Waals surface area (Å²) in [5.74, 6) is -0.385. The molecule has 0 spiro atoms. The lowest BCUT2D eigenvalue weighted by Gasteiger charge is -2.16. The Morgan fingerprint density at radius 1 is 1.43 bits per heavy atom. The highest BCUT2D eigenvalue weighted by molar-refractivity contribution is 7.09. The van der Waals surface area contributed by atoms with Crippen LogP contribution in [-0.4, -0.2) is 18.6 Å². The van der Waals surface area contributed by atoms with E-state index in [0.717, 1.165) is 12.1 Å². The predicted molar refractivity (Wildman–Crippen MR) is 87.9 cm³/mol. The van der Waals surface area contributed by atoms with Gasteiger partial charge in [0, 0.05) is 28.7 Å². The first-order valence-electron chi connectivity index (χ1n) is 6.95. The number of ether oxygens (including phenoxy) is 1. The summed E-state index contributed by atoms with van der Waals surface area (Å²) >= 11 is 1.74. The van der Waals surface area contributed by atoms with Crippen LogP contribution in [0.3, 0.4) is 0 Å². The number of carbonyl (C=O) groups is 1. The third-order valence-corrected chi connectivity index (χ3v) is 3.95. The van der Waals surface area contributed by atoms with Crippen LogP contribution in [0, 0.1) is 0 Å². The molecule has 0 amide bonds. The Balaban J connectivity index is 2.06. The van der Waals surface area contributed by atoms with Gasteiger partial charge in [0.1, 0.15) is 0 Å². The molecule has 4 nitrogen and oxygen atoms in total. The molecule has 21 heavy (non-hydrogen) atoms. The fourth-order valence-electron chi connectivity index (χ4n) is 2.10. The molecule has 5 heteroatoms. The van der Waals surface area contributed by atoms with Crippen LogP contribution in [-0.2, 0) is 11.2 Å². The summed E-state index contributed by atoms with van der Waals surface area (Å²) in [5.41, 5.74) is 7.55. The maximum Gasteiger partial charge on any atom is 0.340 e. The monoisotopic (exact) mass is 304 g/mol. The van der Waals surface area contributed by atoms with Gasteiger partial charge >= 0.3 is 5.97 Å². The van der Waals surface area contributed by atoms with Crippen LogP contribution in [0.4, 0.5) is 11.4 Å². The molecule has 1 heterocycles. The standard InChI is InChI=1S/C16H20N2O2S/c1-3-20-16(19)14-10-12(6-7-15(14)17)18-11(2)9-13-5-4-8-21-13/h4-8,10-11,18H,3,9,17H2,1-2H3. The van der Waals surface area contributed by atoms with Crippen LogP contribution in [0.2, 0.25) is 0 Å². The van der Waals surface area contributed by atoms with Gasteiger partial charge in [-0.2, -0.15) is 0 Å². The average Bonchev–Trinajstić information content (AvgIpc) is 2.94. The molecule has 0 fully saturated rings. The molecule has 0 saturated heterocycles. The molecule has 2 rings (SSSR count). The van der Waals surface area contributed by atoms with E-state index >= 15 is 0 Å². The predicted octanol–water partition coefficient (Wildman–Crippen LogP) is 3.55. The van der Waals surface area contributed by atoms with E-state index in [1.54, 1.807) is 30.4 Å². The molecule has 0 bridgehead atoms. The van der Waals surface area contributed by atoms with Crippen molar-refractivity contribution in [3.05, 3.63) is 46.2 Å². The molecule has 1 atom stereocenters. The zero-order valence-corrected chi connectivity index (χ0v) is 13.1. The second kappa shape index (κ2) is 7.13. The summed E-state index contributed by atoms with van der Waals surface area (Å²) in [7, 11) is 0. The van der Waals surface area contributed by atoms with Crippen molar-refractivity contribution < 1.29 is 9.53 Å². The topological polar surface area (TPSA) is 64.3 Å². The van der Waals surface area contributed by atoms with Crippen molar-refractivity contribution in [1.29, 1.82) is 0 Å². The number of carbonyl (C=O) groups excluding carboxylic acids is 1. The molecule has 1 aromatic carbocycles. The number of nitrogen functional groups attached to an aromatic ring is 1. The van der Waals surface area contributed by atoms with E-state index in [0.29, 0.717) is 17.9 Å². The zero-order chi connectivity index (χ0) is 15.2. The average molecular weight is 304 g/mol. The zero-order valence-electron chi connectivity index (χ0n) is 12.3. The van der Waals surface area contributed by atoms with E-state index in [-0.39, 0.29) is 12.0 Å². The Morgan fingerprint density at radius 3 is 2.90 bits per heavy atom. The maximum atomic E-state index is 11.8. The number of nitrogens with two attached hydrogens (primary N) is 1. The lowest BCUT2D eigenvalue weighted by Crippen LogP contribution is -2.18. The number of benzene rings is 1. The second-order valence-electron chi connectivity index (χ2n) is 4.85. The van der Waals surface area contributed by atoms with Crippen molar-refractivity contribution in [3.63, 3.8) is 0 Å². The van der Waals surface area contributed by atoms with Crippen LogP contribution in [0.1, 0.15) is 29.1 Å². The van der Waals surface area contributed by atoms with Gasteiger partial charge in [0.05, 0.1) is 12.2 Å². The molecule has 3 N–H and O–H groups in total. The molecule has 0 aliphatic carbocycles. The summed E-state index contributed by atoms with van der Waals surface area (Å²) in [6.07, 6.45) is 0.941. The molecule has 1 aromatic heterocycles. The molecule has 1 unspecified atom stereocenters. The van der Waals surface area contributed by atoms with Gasteiger partial charge in [-0.05, 0) is 43.5 Å². The fourth-order valence-corrected chi connectivity index (χ4v) is 2.93. The first kappa shape index (κ1) is 15.4. The fraction of sp³-hybridized carbons (Fsp3) is 0.312. The van der Waals surface area contributed by atoms with Gasteiger partial charge in [-0.1, -0.05) is 6.07 Å². The van der Waals surface area contributed by atoms with Crippen LogP contribution < -0.4 is 11.1 Å². The number of esters is 1. The van der Waals surface area contributed by atoms with Crippen molar-refractivity contribution in [3.8, 4) is 0 Å². The first-order chi connectivity index (χ1) is 10.1. The first-order valence-corrected chi connectivity index (χ1v) is 7.83. The number of thiophene rings is 1. The largest absolute Gasteiger partial charge is 0.462 e. The highest BCUT2D eigenvalue weighted by Gasteiger charge is 2.12. The third-order valence-electron chi connectivity index (χ3n) is 3.05. The minimum absolute atomic E-state index is 0.266. The van der Waals surface area contributed by atoms with Crippen LogP contribution >= 0.6 is 11.3 Å². The number of rotatable bonds is 6. The van der Waals surface area contributed by atoms with Gasteiger partial charge in [-0.3, -0.25) is 0 Å². The van der Waals surface area contributed by atoms with Crippen molar-refractivity contribution in [2.75, 3.05) is 17.7 Å². The van der Waals surface area contributed by atoms with Crippen molar-refractivity contribution >= 4 is 28.7 Å². The van der Waals surface area contributed by atoms with Crippen molar-refractivity contribution in [2.24, 2.45) is 0 Å². The number of hydrogen-bond donors (Lipinski definition) is 2. The number of nitrogens with one attached hydrogen (secondary N) is 1. The van der Waals surface area contributed by atoms with E-state index in [1.807, 2.05) is 6.07 Å². The van der Waals surface area contributed by atoms with E-state index in [9.17, 15) is 4.79 Å². The van der Waals surface area contributed by atoms with Gasteiger partial charge in [0.25, 0.3) is 0 Å². The molecule has 0 aliphatic heterocycles. The summed E-state index contributed by atoms with van der Waals surface area (Å²) in [6, 6.07) is 9.79. The molecule has 112 valence electrons. The van der Waals surface area contributed by atoms with E-state index < -0.39 is 0 Å². The summed E-state index contributed by atoms with van der Waals surface area (Å²) in [6.45, 7) is 4.23. The number of hydrogen-bond acceptors (Lipinski definition) is 5. The molecular weight excluding hydrogens is 284 g/mol. The summed E-state index contributed by atoms with van der Waals surface area (Å²) < 4.78 is 5.01. The minimum atomic E-state index is -0.385. The Hall–Kier alpha value is -2.01. The summed E-state index contributed by atoms with van der Waals surface area (Å²) in [5, 5.41) is 5.46. The van der Waals surface area contributed by atoms with E-state index in [2.05, 4.69) is 29.8 Å². The van der Waals surface area contributed by atoms with Gasteiger partial charge in [-0.25, -0.2) is 4.79 Å². The van der Waals surface area contributed by atoms with Gasteiger partial charge < -0.3 is 15.8 Å². The SMILES string of the molecule is CCOC(=O)c1cc(NC(C)Cc2cccs2)ccc1N. The Bertz CT molecular complexity index is 596. The van der Waals surface area contributed by atoms with E-state index in [1.165, 1.54) is 4.88 Å². The molecule has 0 aliphatic rings. The van der Waals surface area contributed by atoms with Crippen LogP contribution in [0.15, 0.2) is 35.7 Å². The summed E-state index contributed by atoms with van der Waals surface area (Å²) in [4.78, 5) is 13.2. The van der Waals surface area contributed by atoms with Gasteiger partial charge in [0.2, 0.25) is 0 Å². The molecular formula is C16H20N2O2S. The second-order valence-corrected chi connectivity index (χ2v) is 5.88.